The Hall–Kier alpha value is -0.730. The molecule has 1 aromatic rings. The Balaban J connectivity index is 2.02. The molecule has 2 nitrogen and oxygen atoms in total. The first kappa shape index (κ1) is 13.7. The molecule has 0 heterocycles. The molecule has 0 aromatic heterocycles. The van der Waals surface area contributed by atoms with E-state index in [1.807, 2.05) is 0 Å². The fourth-order valence-corrected chi connectivity index (χ4v) is 3.21. The van der Waals surface area contributed by atoms with E-state index in [0.29, 0.717) is 6.54 Å². The topological polar surface area (TPSA) is 29.3 Å². The molecule has 3 heteroatoms. The lowest BCUT2D eigenvalue weighted by atomic mass is 10.1. The Morgan fingerprint density at radius 3 is 2.67 bits per heavy atom. The average Bonchev–Trinajstić information content (AvgIpc) is 2.82. The third kappa shape index (κ3) is 3.39. The average molecular weight is 267 g/mol. The molecule has 1 fully saturated rings. The third-order valence-corrected chi connectivity index (χ3v) is 4.17. The molecule has 0 radical (unpaired) electrons. The van der Waals surface area contributed by atoms with Gasteiger partial charge in [0, 0.05) is 13.6 Å². The van der Waals surface area contributed by atoms with Crippen molar-refractivity contribution >= 4 is 17.3 Å². The number of hydrogen-bond acceptors (Lipinski definition) is 2. The predicted octanol–water partition coefficient (Wildman–Crippen LogP) is 3.47. The van der Waals surface area contributed by atoms with Crippen LogP contribution >= 0.6 is 11.6 Å². The largest absolute Gasteiger partial charge is 0.373 e. The molecule has 0 amide bonds. The van der Waals surface area contributed by atoms with E-state index < -0.39 is 0 Å². The van der Waals surface area contributed by atoms with E-state index in [1.165, 1.54) is 31.2 Å². The van der Waals surface area contributed by atoms with Crippen LogP contribution < -0.4 is 10.6 Å². The zero-order chi connectivity index (χ0) is 13.0. The summed E-state index contributed by atoms with van der Waals surface area (Å²) in [4.78, 5) is 2.30. The van der Waals surface area contributed by atoms with Crippen LogP contribution in [0.5, 0.6) is 0 Å². The van der Waals surface area contributed by atoms with Crippen LogP contribution in [0.25, 0.3) is 0 Å². The van der Waals surface area contributed by atoms with Crippen molar-refractivity contribution in [1.82, 2.24) is 0 Å². The van der Waals surface area contributed by atoms with E-state index in [1.54, 1.807) is 0 Å². The second-order valence-electron chi connectivity index (χ2n) is 5.36. The number of halogens is 1. The SMILES string of the molecule is CN(CC1CCCC1)c1ccc(CCN)cc1Cl. The molecule has 0 atom stereocenters. The van der Waals surface area contributed by atoms with E-state index in [2.05, 4.69) is 30.1 Å². The summed E-state index contributed by atoms with van der Waals surface area (Å²) in [7, 11) is 2.14. The van der Waals surface area contributed by atoms with E-state index in [-0.39, 0.29) is 0 Å². The molecule has 1 aliphatic carbocycles. The molecule has 0 spiro atoms. The van der Waals surface area contributed by atoms with Gasteiger partial charge in [0.2, 0.25) is 0 Å². The van der Waals surface area contributed by atoms with Gasteiger partial charge in [0.05, 0.1) is 10.7 Å². The molecule has 1 aromatic carbocycles. The zero-order valence-electron chi connectivity index (χ0n) is 11.2. The molecule has 18 heavy (non-hydrogen) atoms. The van der Waals surface area contributed by atoms with Gasteiger partial charge in [0.1, 0.15) is 0 Å². The highest BCUT2D eigenvalue weighted by atomic mass is 35.5. The van der Waals surface area contributed by atoms with Crippen LogP contribution in [-0.2, 0) is 6.42 Å². The molecular formula is C15H23ClN2. The Morgan fingerprint density at radius 1 is 1.33 bits per heavy atom. The second kappa shape index (κ2) is 6.44. The summed E-state index contributed by atoms with van der Waals surface area (Å²) >= 11 is 6.36. The maximum Gasteiger partial charge on any atom is 0.0642 e. The quantitative estimate of drug-likeness (QED) is 0.884. The Kier molecular flexibility index (Phi) is 4.90. The lowest BCUT2D eigenvalue weighted by Crippen LogP contribution is -2.24. The molecule has 0 saturated heterocycles. The number of nitrogens with two attached hydrogens (primary N) is 1. The maximum absolute atomic E-state index is 6.36. The molecule has 2 rings (SSSR count). The minimum Gasteiger partial charge on any atom is -0.373 e. The van der Waals surface area contributed by atoms with Gasteiger partial charge in [0.25, 0.3) is 0 Å². The van der Waals surface area contributed by atoms with E-state index in [0.717, 1.165) is 29.6 Å². The third-order valence-electron chi connectivity index (χ3n) is 3.86. The fraction of sp³-hybridized carbons (Fsp3) is 0.600. The van der Waals surface area contributed by atoms with Gasteiger partial charge in [0.15, 0.2) is 0 Å². The van der Waals surface area contributed by atoms with Gasteiger partial charge in [-0.05, 0) is 49.4 Å². The Morgan fingerprint density at radius 2 is 2.06 bits per heavy atom. The van der Waals surface area contributed by atoms with Crippen molar-refractivity contribution in [1.29, 1.82) is 0 Å². The summed E-state index contributed by atoms with van der Waals surface area (Å²) in [5, 5.41) is 0.849. The van der Waals surface area contributed by atoms with Gasteiger partial charge in [-0.1, -0.05) is 30.5 Å². The van der Waals surface area contributed by atoms with Crippen molar-refractivity contribution in [3.63, 3.8) is 0 Å². The normalized spacial score (nSPS) is 16.2. The van der Waals surface area contributed by atoms with Crippen molar-refractivity contribution in [3.05, 3.63) is 28.8 Å². The van der Waals surface area contributed by atoms with E-state index in [9.17, 15) is 0 Å². The van der Waals surface area contributed by atoms with Crippen LogP contribution in [0, 0.1) is 5.92 Å². The van der Waals surface area contributed by atoms with Crippen molar-refractivity contribution in [2.45, 2.75) is 32.1 Å². The highest BCUT2D eigenvalue weighted by molar-refractivity contribution is 6.33. The first-order valence-corrected chi connectivity index (χ1v) is 7.28. The minimum absolute atomic E-state index is 0.674. The lowest BCUT2D eigenvalue weighted by Gasteiger charge is -2.24. The summed E-state index contributed by atoms with van der Waals surface area (Å²) in [6.45, 7) is 1.80. The van der Waals surface area contributed by atoms with Crippen LogP contribution in [0.1, 0.15) is 31.2 Å². The van der Waals surface area contributed by atoms with Gasteiger partial charge in [-0.25, -0.2) is 0 Å². The molecule has 1 aliphatic rings. The zero-order valence-corrected chi connectivity index (χ0v) is 11.9. The summed E-state index contributed by atoms with van der Waals surface area (Å²) in [6, 6.07) is 6.32. The van der Waals surface area contributed by atoms with Crippen LogP contribution in [0.15, 0.2) is 18.2 Å². The van der Waals surface area contributed by atoms with Crippen molar-refractivity contribution in [3.8, 4) is 0 Å². The predicted molar refractivity (Wildman–Crippen MR) is 79.4 cm³/mol. The van der Waals surface area contributed by atoms with Crippen molar-refractivity contribution < 1.29 is 0 Å². The number of anilines is 1. The first-order chi connectivity index (χ1) is 8.70. The summed E-state index contributed by atoms with van der Waals surface area (Å²) in [6.07, 6.45) is 6.41. The van der Waals surface area contributed by atoms with Crippen LogP contribution in [0.4, 0.5) is 5.69 Å². The first-order valence-electron chi connectivity index (χ1n) is 6.90. The van der Waals surface area contributed by atoms with Crippen molar-refractivity contribution in [2.75, 3.05) is 25.0 Å². The fourth-order valence-electron chi connectivity index (χ4n) is 2.86. The molecule has 0 bridgehead atoms. The number of benzene rings is 1. The van der Waals surface area contributed by atoms with Crippen LogP contribution in [0.2, 0.25) is 5.02 Å². The molecule has 1 saturated carbocycles. The van der Waals surface area contributed by atoms with Gasteiger partial charge >= 0.3 is 0 Å². The van der Waals surface area contributed by atoms with Gasteiger partial charge in [-0.15, -0.1) is 0 Å². The Bertz CT molecular complexity index is 386. The maximum atomic E-state index is 6.36. The van der Waals surface area contributed by atoms with E-state index >= 15 is 0 Å². The molecular weight excluding hydrogens is 244 g/mol. The molecule has 0 aliphatic heterocycles. The van der Waals surface area contributed by atoms with Crippen LogP contribution in [-0.4, -0.2) is 20.1 Å². The molecule has 0 unspecified atom stereocenters. The number of hydrogen-bond donors (Lipinski definition) is 1. The van der Waals surface area contributed by atoms with Gasteiger partial charge < -0.3 is 10.6 Å². The Labute approximate surface area is 115 Å². The van der Waals surface area contributed by atoms with Crippen LogP contribution in [0.3, 0.4) is 0 Å². The molecule has 100 valence electrons. The van der Waals surface area contributed by atoms with Crippen molar-refractivity contribution in [2.24, 2.45) is 11.7 Å². The standard InChI is InChI=1S/C15H23ClN2/c1-18(11-13-4-2-3-5-13)15-7-6-12(8-9-17)10-14(15)16/h6-7,10,13H,2-5,8-9,11,17H2,1H3. The lowest BCUT2D eigenvalue weighted by molar-refractivity contribution is 0.547. The monoisotopic (exact) mass is 266 g/mol. The highest BCUT2D eigenvalue weighted by Gasteiger charge is 2.18. The number of rotatable bonds is 5. The van der Waals surface area contributed by atoms with E-state index in [4.69, 9.17) is 17.3 Å². The summed E-state index contributed by atoms with van der Waals surface area (Å²) in [5.41, 5.74) is 7.93. The second-order valence-corrected chi connectivity index (χ2v) is 5.76. The number of nitrogens with zero attached hydrogens (tertiary/aromatic N) is 1. The van der Waals surface area contributed by atoms with Gasteiger partial charge in [-0.3, -0.25) is 0 Å². The summed E-state index contributed by atoms with van der Waals surface area (Å²) < 4.78 is 0. The summed E-state index contributed by atoms with van der Waals surface area (Å²) in [5.74, 6) is 0.842. The highest BCUT2D eigenvalue weighted by Crippen LogP contribution is 2.30. The van der Waals surface area contributed by atoms with Gasteiger partial charge in [-0.2, -0.15) is 0 Å². The smallest absolute Gasteiger partial charge is 0.0642 e. The molecule has 2 N–H and O–H groups in total. The minimum atomic E-state index is 0.674.